The lowest BCUT2D eigenvalue weighted by Crippen LogP contribution is -2.31. The quantitative estimate of drug-likeness (QED) is 0.499. The van der Waals surface area contributed by atoms with Gasteiger partial charge in [0.25, 0.3) is 5.91 Å². The first-order valence-corrected chi connectivity index (χ1v) is 9.77. The van der Waals surface area contributed by atoms with Crippen molar-refractivity contribution in [3.8, 4) is 11.1 Å². The van der Waals surface area contributed by atoms with Crippen LogP contribution < -0.4 is 5.32 Å². The molecule has 0 unspecified atom stereocenters. The summed E-state index contributed by atoms with van der Waals surface area (Å²) >= 11 is 0. The summed E-state index contributed by atoms with van der Waals surface area (Å²) in [5.74, 6) is -1.72. The van der Waals surface area contributed by atoms with Crippen LogP contribution in [0.15, 0.2) is 60.2 Å². The molecule has 162 valence electrons. The Balaban J connectivity index is 1.51. The zero-order chi connectivity index (χ0) is 22.4. The number of carbonyl (C=O) groups excluding carboxylic acids is 2. The molecule has 0 bridgehead atoms. The highest BCUT2D eigenvalue weighted by Crippen LogP contribution is 2.44. The Morgan fingerprint density at radius 2 is 1.65 bits per heavy atom. The van der Waals surface area contributed by atoms with E-state index in [1.165, 1.54) is 13.1 Å². The molecule has 2 aromatic rings. The van der Waals surface area contributed by atoms with E-state index in [-0.39, 0.29) is 19.1 Å². The van der Waals surface area contributed by atoms with E-state index >= 15 is 0 Å². The number of alkyl carbamates (subject to hydrolysis) is 1. The van der Waals surface area contributed by atoms with E-state index in [2.05, 4.69) is 17.4 Å². The van der Waals surface area contributed by atoms with Crippen LogP contribution in [0.1, 0.15) is 24.0 Å². The number of aliphatic carboxylic acids is 1. The molecule has 2 aromatic carbocycles. The number of fused-ring (bicyclic) bond motifs is 3. The lowest BCUT2D eigenvalue weighted by atomic mass is 9.98. The fourth-order valence-corrected chi connectivity index (χ4v) is 3.48. The van der Waals surface area contributed by atoms with Gasteiger partial charge in [-0.2, -0.15) is 0 Å². The minimum absolute atomic E-state index is 0.0305. The molecule has 1 aliphatic carbocycles. The molecule has 0 fully saturated rings. The standard InChI is InChI=1S/C23H24N2O6/c1-15(22(28)25(2)31-14-21(26)27)11-12-24-23(29)30-13-20-18-9-5-3-7-16(18)17-8-4-6-10-19(17)20/h3-11,20H,12-14H2,1-2H3,(H,24,29)(H,26,27)/b15-11+. The van der Waals surface area contributed by atoms with Gasteiger partial charge in [0.2, 0.25) is 0 Å². The Labute approximate surface area is 180 Å². The highest BCUT2D eigenvalue weighted by Gasteiger charge is 2.28. The molecule has 0 saturated carbocycles. The first kappa shape index (κ1) is 22.0. The van der Waals surface area contributed by atoms with Crippen molar-refractivity contribution in [2.75, 3.05) is 26.8 Å². The number of hydrogen-bond donors (Lipinski definition) is 2. The summed E-state index contributed by atoms with van der Waals surface area (Å²) in [6.07, 6.45) is 0.915. The summed E-state index contributed by atoms with van der Waals surface area (Å²) in [5, 5.41) is 12.0. The molecular formula is C23H24N2O6. The number of amides is 2. The number of carboxylic acids is 1. The summed E-state index contributed by atoms with van der Waals surface area (Å²) in [4.78, 5) is 39.5. The third-order valence-corrected chi connectivity index (χ3v) is 5.00. The topological polar surface area (TPSA) is 105 Å². The maximum Gasteiger partial charge on any atom is 0.407 e. The van der Waals surface area contributed by atoms with Crippen LogP contribution in [0.5, 0.6) is 0 Å². The van der Waals surface area contributed by atoms with Gasteiger partial charge in [0.05, 0.1) is 0 Å². The van der Waals surface area contributed by atoms with Crippen molar-refractivity contribution in [1.82, 2.24) is 10.4 Å². The second-order valence-corrected chi connectivity index (χ2v) is 7.06. The number of rotatable bonds is 8. The average molecular weight is 424 g/mol. The molecule has 1 aliphatic rings. The third-order valence-electron chi connectivity index (χ3n) is 5.00. The predicted molar refractivity (Wildman–Crippen MR) is 113 cm³/mol. The number of nitrogens with zero attached hydrogens (tertiary/aromatic N) is 1. The fraction of sp³-hybridized carbons (Fsp3) is 0.261. The van der Waals surface area contributed by atoms with Gasteiger partial charge in [-0.15, -0.1) is 0 Å². The maximum absolute atomic E-state index is 12.1. The molecule has 3 rings (SSSR count). The minimum Gasteiger partial charge on any atom is -0.479 e. The zero-order valence-corrected chi connectivity index (χ0v) is 17.3. The van der Waals surface area contributed by atoms with Crippen molar-refractivity contribution in [2.24, 2.45) is 0 Å². The van der Waals surface area contributed by atoms with E-state index in [9.17, 15) is 14.4 Å². The summed E-state index contributed by atoms with van der Waals surface area (Å²) in [6.45, 7) is 1.21. The predicted octanol–water partition coefficient (Wildman–Crippen LogP) is 2.95. The van der Waals surface area contributed by atoms with E-state index in [4.69, 9.17) is 14.7 Å². The summed E-state index contributed by atoms with van der Waals surface area (Å²) in [6, 6.07) is 16.1. The molecule has 0 radical (unpaired) electrons. The highest BCUT2D eigenvalue weighted by molar-refractivity contribution is 5.92. The van der Waals surface area contributed by atoms with Gasteiger partial charge >= 0.3 is 12.1 Å². The molecule has 2 amide bonds. The van der Waals surface area contributed by atoms with E-state index < -0.39 is 24.6 Å². The largest absolute Gasteiger partial charge is 0.479 e. The first-order valence-electron chi connectivity index (χ1n) is 9.77. The minimum atomic E-state index is -1.18. The van der Waals surface area contributed by atoms with Crippen LogP contribution in [0.25, 0.3) is 11.1 Å². The Kier molecular flexibility index (Phi) is 7.04. The number of carbonyl (C=O) groups is 3. The van der Waals surface area contributed by atoms with E-state index in [0.29, 0.717) is 5.57 Å². The van der Waals surface area contributed by atoms with Crippen LogP contribution in [0.2, 0.25) is 0 Å². The maximum atomic E-state index is 12.1. The van der Waals surface area contributed by atoms with Gasteiger partial charge in [-0.3, -0.25) is 9.63 Å². The van der Waals surface area contributed by atoms with Gasteiger partial charge in [-0.1, -0.05) is 54.6 Å². The van der Waals surface area contributed by atoms with Crippen molar-refractivity contribution in [1.29, 1.82) is 0 Å². The normalized spacial score (nSPS) is 12.6. The lowest BCUT2D eigenvalue weighted by molar-refractivity contribution is -0.182. The number of hydroxylamine groups is 2. The first-order chi connectivity index (χ1) is 14.9. The zero-order valence-electron chi connectivity index (χ0n) is 17.3. The van der Waals surface area contributed by atoms with Crippen molar-refractivity contribution >= 4 is 18.0 Å². The molecule has 8 nitrogen and oxygen atoms in total. The summed E-state index contributed by atoms with van der Waals surface area (Å²) in [5.41, 5.74) is 4.85. The smallest absolute Gasteiger partial charge is 0.407 e. The highest BCUT2D eigenvalue weighted by atomic mass is 16.7. The van der Waals surface area contributed by atoms with Crippen LogP contribution in [0.4, 0.5) is 4.79 Å². The number of ether oxygens (including phenoxy) is 1. The second-order valence-electron chi connectivity index (χ2n) is 7.06. The average Bonchev–Trinajstić information content (AvgIpc) is 3.09. The molecule has 8 heteroatoms. The van der Waals surface area contributed by atoms with Gasteiger partial charge in [0, 0.05) is 25.1 Å². The number of carboxylic acid groups (broad SMARTS) is 1. The fourth-order valence-electron chi connectivity index (χ4n) is 3.48. The van der Waals surface area contributed by atoms with Gasteiger partial charge < -0.3 is 15.2 Å². The second kappa shape index (κ2) is 9.90. The molecule has 0 saturated heterocycles. The van der Waals surface area contributed by atoms with Crippen molar-refractivity contribution in [3.63, 3.8) is 0 Å². The molecule has 0 aromatic heterocycles. The van der Waals surface area contributed by atoms with Crippen molar-refractivity contribution in [2.45, 2.75) is 12.8 Å². The molecule has 31 heavy (non-hydrogen) atoms. The van der Waals surface area contributed by atoms with Crippen LogP contribution >= 0.6 is 0 Å². The van der Waals surface area contributed by atoms with Crippen LogP contribution in [0.3, 0.4) is 0 Å². The number of hydrogen-bond acceptors (Lipinski definition) is 5. The van der Waals surface area contributed by atoms with Gasteiger partial charge in [-0.05, 0) is 29.2 Å². The van der Waals surface area contributed by atoms with Gasteiger partial charge in [0.1, 0.15) is 6.61 Å². The van der Waals surface area contributed by atoms with Crippen LogP contribution in [-0.4, -0.2) is 54.9 Å². The Morgan fingerprint density at radius 3 is 2.23 bits per heavy atom. The van der Waals surface area contributed by atoms with Gasteiger partial charge in [-0.25, -0.2) is 14.7 Å². The Hall–Kier alpha value is -3.65. The summed E-state index contributed by atoms with van der Waals surface area (Å²) < 4.78 is 5.43. The van der Waals surface area contributed by atoms with E-state index in [1.807, 2.05) is 36.4 Å². The molecule has 0 spiro atoms. The Morgan fingerprint density at radius 1 is 1.06 bits per heavy atom. The van der Waals surface area contributed by atoms with Gasteiger partial charge in [0.15, 0.2) is 6.61 Å². The molecule has 0 aliphatic heterocycles. The molecule has 2 N–H and O–H groups in total. The van der Waals surface area contributed by atoms with Crippen molar-refractivity contribution < 1.29 is 29.1 Å². The number of benzene rings is 2. The SMILES string of the molecule is C/C(=C\CNC(=O)OCC1c2ccccc2-c2ccccc21)C(=O)N(C)OCC(=O)O. The lowest BCUT2D eigenvalue weighted by Gasteiger charge is -2.16. The molecular weight excluding hydrogens is 400 g/mol. The number of nitrogens with one attached hydrogen (secondary N) is 1. The molecule has 0 atom stereocenters. The Bertz CT molecular complexity index is 971. The monoisotopic (exact) mass is 424 g/mol. The van der Waals surface area contributed by atoms with Crippen LogP contribution in [-0.2, 0) is 19.2 Å². The van der Waals surface area contributed by atoms with E-state index in [1.54, 1.807) is 6.92 Å². The number of likely N-dealkylation sites (N-methyl/N-ethyl adjacent to an activating group) is 1. The third kappa shape index (κ3) is 5.29. The van der Waals surface area contributed by atoms with Crippen molar-refractivity contribution in [3.05, 3.63) is 71.3 Å². The molecule has 0 heterocycles. The summed E-state index contributed by atoms with van der Waals surface area (Å²) in [7, 11) is 1.32. The van der Waals surface area contributed by atoms with E-state index in [0.717, 1.165) is 27.3 Å². The van der Waals surface area contributed by atoms with Crippen LogP contribution in [0, 0.1) is 0 Å².